The van der Waals surface area contributed by atoms with Gasteiger partial charge in [0, 0.05) is 19.7 Å². The fourth-order valence-corrected chi connectivity index (χ4v) is 2.76. The van der Waals surface area contributed by atoms with Crippen LogP contribution in [0.5, 0.6) is 0 Å². The summed E-state index contributed by atoms with van der Waals surface area (Å²) in [6.07, 6.45) is 4.51. The van der Waals surface area contributed by atoms with Crippen molar-refractivity contribution in [2.45, 2.75) is 58.6 Å². The van der Waals surface area contributed by atoms with E-state index in [4.69, 9.17) is 9.47 Å². The molecule has 1 fully saturated rings. The monoisotopic (exact) mass is 300 g/mol. The third-order valence-corrected chi connectivity index (χ3v) is 3.81. The molecule has 5 nitrogen and oxygen atoms in total. The van der Waals surface area contributed by atoms with E-state index in [2.05, 4.69) is 17.1 Å². The Kier molecular flexibility index (Phi) is 9.63. The minimum absolute atomic E-state index is 0.121. The van der Waals surface area contributed by atoms with Gasteiger partial charge in [-0.15, -0.1) is 0 Å². The van der Waals surface area contributed by atoms with Gasteiger partial charge in [-0.1, -0.05) is 6.92 Å². The molecule has 1 saturated heterocycles. The van der Waals surface area contributed by atoms with Gasteiger partial charge >= 0.3 is 5.97 Å². The first-order valence-corrected chi connectivity index (χ1v) is 8.45. The SMILES string of the molecule is CCCNC(CCN1CCCC(OCC)C1)C(=O)OCC. The smallest absolute Gasteiger partial charge is 0.323 e. The average molecular weight is 300 g/mol. The molecule has 0 aromatic rings. The summed E-state index contributed by atoms with van der Waals surface area (Å²) in [4.78, 5) is 14.4. The van der Waals surface area contributed by atoms with Crippen molar-refractivity contribution in [1.82, 2.24) is 10.2 Å². The van der Waals surface area contributed by atoms with Crippen molar-refractivity contribution in [3.8, 4) is 0 Å². The van der Waals surface area contributed by atoms with Gasteiger partial charge in [0.15, 0.2) is 0 Å². The highest BCUT2D eigenvalue weighted by atomic mass is 16.5. The third kappa shape index (κ3) is 7.25. The highest BCUT2D eigenvalue weighted by molar-refractivity contribution is 5.75. The fourth-order valence-electron chi connectivity index (χ4n) is 2.76. The molecule has 0 aliphatic carbocycles. The van der Waals surface area contributed by atoms with Gasteiger partial charge in [-0.25, -0.2) is 0 Å². The maximum Gasteiger partial charge on any atom is 0.323 e. The van der Waals surface area contributed by atoms with Crippen molar-refractivity contribution in [2.75, 3.05) is 39.4 Å². The van der Waals surface area contributed by atoms with Crippen molar-refractivity contribution in [2.24, 2.45) is 0 Å². The first kappa shape index (κ1) is 18.4. The number of likely N-dealkylation sites (tertiary alicyclic amines) is 1. The molecule has 1 N–H and O–H groups in total. The van der Waals surface area contributed by atoms with Crippen LogP contribution in [0.4, 0.5) is 0 Å². The average Bonchev–Trinajstić information content (AvgIpc) is 2.48. The molecule has 1 rings (SSSR count). The van der Waals surface area contributed by atoms with Crippen molar-refractivity contribution in [3.05, 3.63) is 0 Å². The van der Waals surface area contributed by atoms with Crippen LogP contribution >= 0.6 is 0 Å². The number of hydrogen-bond donors (Lipinski definition) is 1. The van der Waals surface area contributed by atoms with Gasteiger partial charge in [0.1, 0.15) is 6.04 Å². The molecule has 124 valence electrons. The molecule has 2 unspecified atom stereocenters. The van der Waals surface area contributed by atoms with Crippen LogP contribution in [0.25, 0.3) is 0 Å². The van der Waals surface area contributed by atoms with Gasteiger partial charge < -0.3 is 19.7 Å². The maximum absolute atomic E-state index is 12.0. The molecule has 1 aliphatic rings. The second kappa shape index (κ2) is 11.0. The fraction of sp³-hybridized carbons (Fsp3) is 0.938. The van der Waals surface area contributed by atoms with Gasteiger partial charge in [0.05, 0.1) is 12.7 Å². The zero-order valence-electron chi connectivity index (χ0n) is 13.9. The second-order valence-corrected chi connectivity index (χ2v) is 5.57. The Morgan fingerprint density at radius 1 is 1.33 bits per heavy atom. The minimum atomic E-state index is -0.183. The van der Waals surface area contributed by atoms with E-state index in [9.17, 15) is 4.79 Å². The number of esters is 1. The summed E-state index contributed by atoms with van der Waals surface area (Å²) in [5.41, 5.74) is 0. The third-order valence-electron chi connectivity index (χ3n) is 3.81. The highest BCUT2D eigenvalue weighted by Crippen LogP contribution is 2.14. The number of rotatable bonds is 10. The Balaban J connectivity index is 2.38. The summed E-state index contributed by atoms with van der Waals surface area (Å²) >= 11 is 0. The summed E-state index contributed by atoms with van der Waals surface area (Å²) in [6.45, 7) is 11.1. The van der Waals surface area contributed by atoms with E-state index in [-0.39, 0.29) is 12.0 Å². The lowest BCUT2D eigenvalue weighted by Gasteiger charge is -2.33. The summed E-state index contributed by atoms with van der Waals surface area (Å²) < 4.78 is 10.9. The quantitative estimate of drug-likeness (QED) is 0.624. The number of ether oxygens (including phenoxy) is 2. The summed E-state index contributed by atoms with van der Waals surface area (Å²) in [5.74, 6) is -0.121. The van der Waals surface area contributed by atoms with Crippen LogP contribution in [0.15, 0.2) is 0 Å². The minimum Gasteiger partial charge on any atom is -0.465 e. The Morgan fingerprint density at radius 2 is 2.14 bits per heavy atom. The normalized spacial score (nSPS) is 21.2. The number of hydrogen-bond acceptors (Lipinski definition) is 5. The van der Waals surface area contributed by atoms with Crippen molar-refractivity contribution in [3.63, 3.8) is 0 Å². The van der Waals surface area contributed by atoms with Crippen LogP contribution in [0.3, 0.4) is 0 Å². The predicted molar refractivity (Wildman–Crippen MR) is 84.4 cm³/mol. The van der Waals surface area contributed by atoms with Gasteiger partial charge in [-0.2, -0.15) is 0 Å². The van der Waals surface area contributed by atoms with E-state index in [0.29, 0.717) is 12.7 Å². The molecule has 1 heterocycles. The molecule has 0 aromatic heterocycles. The van der Waals surface area contributed by atoms with E-state index in [1.165, 1.54) is 6.42 Å². The van der Waals surface area contributed by atoms with Gasteiger partial charge in [-0.3, -0.25) is 4.79 Å². The lowest BCUT2D eigenvalue weighted by molar-refractivity contribution is -0.146. The van der Waals surface area contributed by atoms with Crippen molar-refractivity contribution < 1.29 is 14.3 Å². The molecule has 0 radical (unpaired) electrons. The number of piperidine rings is 1. The molecule has 0 saturated carbocycles. The number of carbonyl (C=O) groups is 1. The van der Waals surface area contributed by atoms with Gasteiger partial charge in [0.25, 0.3) is 0 Å². The number of nitrogens with zero attached hydrogens (tertiary/aromatic N) is 1. The molecule has 2 atom stereocenters. The van der Waals surface area contributed by atoms with Crippen LogP contribution in [0.1, 0.15) is 46.5 Å². The van der Waals surface area contributed by atoms with Crippen LogP contribution in [-0.4, -0.2) is 62.4 Å². The standard InChI is InChI=1S/C16H32N2O3/c1-4-10-17-15(16(19)21-6-3)9-12-18-11-7-8-14(13-18)20-5-2/h14-15,17H,4-13H2,1-3H3. The molecule has 21 heavy (non-hydrogen) atoms. The Labute approximate surface area is 129 Å². The second-order valence-electron chi connectivity index (χ2n) is 5.57. The van der Waals surface area contributed by atoms with E-state index in [1.54, 1.807) is 0 Å². The van der Waals surface area contributed by atoms with E-state index in [1.807, 2.05) is 13.8 Å². The van der Waals surface area contributed by atoms with E-state index < -0.39 is 0 Å². The van der Waals surface area contributed by atoms with Crippen LogP contribution in [0.2, 0.25) is 0 Å². The van der Waals surface area contributed by atoms with Crippen molar-refractivity contribution in [1.29, 1.82) is 0 Å². The van der Waals surface area contributed by atoms with Crippen LogP contribution < -0.4 is 5.32 Å². The van der Waals surface area contributed by atoms with Crippen LogP contribution in [-0.2, 0) is 14.3 Å². The topological polar surface area (TPSA) is 50.8 Å². The zero-order valence-corrected chi connectivity index (χ0v) is 13.9. The Hall–Kier alpha value is -0.650. The Bertz CT molecular complexity index is 285. The summed E-state index contributed by atoms with van der Waals surface area (Å²) in [6, 6.07) is -0.183. The Morgan fingerprint density at radius 3 is 2.81 bits per heavy atom. The molecular formula is C16H32N2O3. The molecule has 0 bridgehead atoms. The first-order chi connectivity index (χ1) is 10.2. The molecular weight excluding hydrogens is 268 g/mol. The largest absolute Gasteiger partial charge is 0.465 e. The predicted octanol–water partition coefficient (Wildman–Crippen LogP) is 1.81. The first-order valence-electron chi connectivity index (χ1n) is 8.45. The maximum atomic E-state index is 12.0. The van der Waals surface area contributed by atoms with Gasteiger partial charge in [0.2, 0.25) is 0 Å². The lowest BCUT2D eigenvalue weighted by atomic mass is 10.1. The van der Waals surface area contributed by atoms with Crippen LogP contribution in [0, 0.1) is 0 Å². The zero-order chi connectivity index (χ0) is 15.5. The summed E-state index contributed by atoms with van der Waals surface area (Å²) in [5, 5.41) is 3.30. The van der Waals surface area contributed by atoms with E-state index in [0.717, 1.165) is 52.0 Å². The van der Waals surface area contributed by atoms with Gasteiger partial charge in [-0.05, 0) is 52.6 Å². The number of nitrogens with one attached hydrogen (secondary N) is 1. The molecule has 1 aliphatic heterocycles. The molecule has 0 amide bonds. The number of carbonyl (C=O) groups excluding carboxylic acids is 1. The molecule has 5 heteroatoms. The molecule has 0 aromatic carbocycles. The van der Waals surface area contributed by atoms with Crippen molar-refractivity contribution >= 4 is 5.97 Å². The van der Waals surface area contributed by atoms with E-state index >= 15 is 0 Å². The highest BCUT2D eigenvalue weighted by Gasteiger charge is 2.23. The summed E-state index contributed by atoms with van der Waals surface area (Å²) in [7, 11) is 0. The lowest BCUT2D eigenvalue weighted by Crippen LogP contribution is -2.44. The molecule has 0 spiro atoms.